The molecule has 3 nitrogen and oxygen atoms in total. The van der Waals surface area contributed by atoms with Gasteiger partial charge in [-0.15, -0.1) is 0 Å². The topological polar surface area (TPSA) is 37.4 Å². The first-order valence-electron chi connectivity index (χ1n) is 5.86. The van der Waals surface area contributed by atoms with E-state index in [4.69, 9.17) is 0 Å². The van der Waals surface area contributed by atoms with Crippen LogP contribution in [-0.4, -0.2) is 11.8 Å². The standard InChI is InChI=1S/C15H9NO2/c17-14-12-9-6-7-10(8-9)13(12)15(18)16(14)11-4-2-1-3-5-11/h1-7H,8H2. The maximum Gasteiger partial charge on any atom is 0.266 e. The summed E-state index contributed by atoms with van der Waals surface area (Å²) in [4.78, 5) is 26.0. The molecular formula is C15H9NO2. The fraction of sp³-hybridized carbons (Fsp3) is 0.0667. The highest BCUT2D eigenvalue weighted by atomic mass is 16.2. The number of fused-ring (bicyclic) bond motifs is 3. The SMILES string of the molecule is O=C1C2=C3C=CC(=C2C(=O)N1c1ccccc1)C3. The minimum absolute atomic E-state index is 0.185. The van der Waals surface area contributed by atoms with E-state index >= 15 is 0 Å². The number of para-hydroxylation sites is 1. The second-order valence-corrected chi connectivity index (χ2v) is 4.59. The summed E-state index contributed by atoms with van der Waals surface area (Å²) in [5.74, 6) is -0.369. The Morgan fingerprint density at radius 3 is 1.94 bits per heavy atom. The molecule has 18 heavy (non-hydrogen) atoms. The number of hydrogen-bond acceptors (Lipinski definition) is 2. The fourth-order valence-electron chi connectivity index (χ4n) is 2.80. The Morgan fingerprint density at radius 2 is 1.39 bits per heavy atom. The van der Waals surface area contributed by atoms with Gasteiger partial charge in [0.1, 0.15) is 0 Å². The van der Waals surface area contributed by atoms with Gasteiger partial charge in [0.2, 0.25) is 0 Å². The van der Waals surface area contributed by atoms with E-state index in [9.17, 15) is 9.59 Å². The van der Waals surface area contributed by atoms with Crippen LogP contribution in [0.5, 0.6) is 0 Å². The summed E-state index contributed by atoms with van der Waals surface area (Å²) in [7, 11) is 0. The third-order valence-electron chi connectivity index (χ3n) is 3.61. The molecule has 3 aliphatic rings. The Morgan fingerprint density at radius 1 is 0.833 bits per heavy atom. The van der Waals surface area contributed by atoms with Gasteiger partial charge in [-0.25, -0.2) is 4.90 Å². The monoisotopic (exact) mass is 235 g/mol. The van der Waals surface area contributed by atoms with E-state index in [0.29, 0.717) is 16.8 Å². The number of rotatable bonds is 1. The molecule has 0 aromatic heterocycles. The number of imide groups is 1. The van der Waals surface area contributed by atoms with Crippen LogP contribution in [0.1, 0.15) is 6.42 Å². The molecule has 2 amide bonds. The molecule has 0 saturated carbocycles. The lowest BCUT2D eigenvalue weighted by Gasteiger charge is -2.13. The summed E-state index contributed by atoms with van der Waals surface area (Å²) < 4.78 is 0. The summed E-state index contributed by atoms with van der Waals surface area (Å²) in [5, 5.41) is 0. The normalized spacial score (nSPS) is 20.6. The van der Waals surface area contributed by atoms with Crippen molar-refractivity contribution in [2.75, 3.05) is 4.90 Å². The van der Waals surface area contributed by atoms with Gasteiger partial charge >= 0.3 is 0 Å². The Labute approximate surface area is 104 Å². The second kappa shape index (κ2) is 3.07. The third-order valence-corrected chi connectivity index (χ3v) is 3.61. The van der Waals surface area contributed by atoms with Gasteiger partial charge in [-0.3, -0.25) is 9.59 Å². The molecule has 1 aliphatic heterocycles. The van der Waals surface area contributed by atoms with Gasteiger partial charge in [-0.05, 0) is 29.7 Å². The molecule has 2 bridgehead atoms. The molecular weight excluding hydrogens is 226 g/mol. The molecule has 4 rings (SSSR count). The lowest BCUT2D eigenvalue weighted by atomic mass is 10.1. The summed E-state index contributed by atoms with van der Waals surface area (Å²) >= 11 is 0. The van der Waals surface area contributed by atoms with Crippen LogP contribution in [0.4, 0.5) is 5.69 Å². The van der Waals surface area contributed by atoms with E-state index < -0.39 is 0 Å². The van der Waals surface area contributed by atoms with Crippen molar-refractivity contribution in [3.8, 4) is 0 Å². The average Bonchev–Trinajstić information content (AvgIpc) is 3.05. The van der Waals surface area contributed by atoms with Crippen molar-refractivity contribution in [3.05, 3.63) is 64.8 Å². The van der Waals surface area contributed by atoms with Crippen LogP contribution in [0.25, 0.3) is 0 Å². The Kier molecular flexibility index (Phi) is 1.64. The largest absolute Gasteiger partial charge is 0.268 e. The minimum atomic E-state index is -0.185. The van der Waals surface area contributed by atoms with Gasteiger partial charge in [0.25, 0.3) is 11.8 Å². The summed E-state index contributed by atoms with van der Waals surface area (Å²) in [6.07, 6.45) is 4.62. The number of carbonyl (C=O) groups excluding carboxylic acids is 2. The van der Waals surface area contributed by atoms with E-state index in [0.717, 1.165) is 17.6 Å². The van der Waals surface area contributed by atoms with Crippen LogP contribution in [-0.2, 0) is 9.59 Å². The van der Waals surface area contributed by atoms with Crippen molar-refractivity contribution in [2.45, 2.75) is 6.42 Å². The van der Waals surface area contributed by atoms with Crippen LogP contribution < -0.4 is 4.90 Å². The first-order chi connectivity index (χ1) is 8.77. The predicted molar refractivity (Wildman–Crippen MR) is 66.7 cm³/mol. The van der Waals surface area contributed by atoms with Gasteiger partial charge < -0.3 is 0 Å². The van der Waals surface area contributed by atoms with Crippen LogP contribution in [0, 0.1) is 0 Å². The van der Waals surface area contributed by atoms with Crippen LogP contribution in [0.3, 0.4) is 0 Å². The molecule has 0 radical (unpaired) electrons. The van der Waals surface area contributed by atoms with Crippen molar-refractivity contribution in [2.24, 2.45) is 0 Å². The molecule has 86 valence electrons. The third kappa shape index (κ3) is 0.991. The number of nitrogens with zero attached hydrogens (tertiary/aromatic N) is 1. The maximum atomic E-state index is 12.4. The van der Waals surface area contributed by atoms with Crippen LogP contribution in [0.15, 0.2) is 64.8 Å². The minimum Gasteiger partial charge on any atom is -0.268 e. The van der Waals surface area contributed by atoms with E-state index in [1.807, 2.05) is 30.4 Å². The van der Waals surface area contributed by atoms with Gasteiger partial charge in [0.15, 0.2) is 0 Å². The maximum absolute atomic E-state index is 12.4. The Hall–Kier alpha value is -2.42. The number of anilines is 1. The van der Waals surface area contributed by atoms with Crippen molar-refractivity contribution in [3.63, 3.8) is 0 Å². The molecule has 1 saturated heterocycles. The van der Waals surface area contributed by atoms with E-state index in [2.05, 4.69) is 0 Å². The zero-order chi connectivity index (χ0) is 12.3. The lowest BCUT2D eigenvalue weighted by Crippen LogP contribution is -2.29. The van der Waals surface area contributed by atoms with Crippen molar-refractivity contribution >= 4 is 17.5 Å². The quantitative estimate of drug-likeness (QED) is 0.699. The predicted octanol–water partition coefficient (Wildman–Crippen LogP) is 2.13. The molecule has 2 aliphatic carbocycles. The Balaban J connectivity index is 1.90. The highest BCUT2D eigenvalue weighted by molar-refractivity contribution is 6.38. The zero-order valence-electron chi connectivity index (χ0n) is 9.51. The molecule has 1 aromatic carbocycles. The van der Waals surface area contributed by atoms with Gasteiger partial charge in [0.05, 0.1) is 16.8 Å². The van der Waals surface area contributed by atoms with Crippen LogP contribution in [0.2, 0.25) is 0 Å². The molecule has 1 heterocycles. The Bertz CT molecular complexity index is 652. The molecule has 3 heteroatoms. The molecule has 0 spiro atoms. The van der Waals surface area contributed by atoms with Gasteiger partial charge in [0, 0.05) is 0 Å². The van der Waals surface area contributed by atoms with Gasteiger partial charge in [-0.1, -0.05) is 30.4 Å². The highest BCUT2D eigenvalue weighted by Gasteiger charge is 2.46. The molecule has 1 aromatic rings. The van der Waals surface area contributed by atoms with E-state index in [-0.39, 0.29) is 11.8 Å². The average molecular weight is 235 g/mol. The van der Waals surface area contributed by atoms with E-state index in [1.54, 1.807) is 12.1 Å². The van der Waals surface area contributed by atoms with Crippen molar-refractivity contribution in [1.82, 2.24) is 0 Å². The first-order valence-corrected chi connectivity index (χ1v) is 5.86. The lowest BCUT2D eigenvalue weighted by molar-refractivity contribution is -0.119. The highest BCUT2D eigenvalue weighted by Crippen LogP contribution is 2.45. The fourth-order valence-corrected chi connectivity index (χ4v) is 2.80. The van der Waals surface area contributed by atoms with Crippen molar-refractivity contribution < 1.29 is 9.59 Å². The molecule has 1 fully saturated rings. The second-order valence-electron chi connectivity index (χ2n) is 4.59. The molecule has 0 unspecified atom stereocenters. The number of benzene rings is 1. The van der Waals surface area contributed by atoms with Crippen LogP contribution >= 0.6 is 0 Å². The molecule has 0 atom stereocenters. The summed E-state index contributed by atoms with van der Waals surface area (Å²) in [6, 6.07) is 9.08. The summed E-state index contributed by atoms with van der Waals surface area (Å²) in [5.41, 5.74) is 3.83. The number of hydrogen-bond donors (Lipinski definition) is 0. The summed E-state index contributed by atoms with van der Waals surface area (Å²) in [6.45, 7) is 0. The zero-order valence-corrected chi connectivity index (χ0v) is 9.51. The number of amides is 2. The molecule has 0 N–H and O–H groups in total. The van der Waals surface area contributed by atoms with Gasteiger partial charge in [-0.2, -0.15) is 0 Å². The van der Waals surface area contributed by atoms with E-state index in [1.165, 1.54) is 4.90 Å². The smallest absolute Gasteiger partial charge is 0.266 e. The number of allylic oxidation sites excluding steroid dienone is 4. The van der Waals surface area contributed by atoms with Crippen molar-refractivity contribution in [1.29, 1.82) is 0 Å². The number of carbonyl (C=O) groups is 2. The first kappa shape index (κ1) is 9.59.